The minimum atomic E-state index is -3.16. The zero-order valence-electron chi connectivity index (χ0n) is 18.1. The molecule has 0 spiro atoms. The van der Waals surface area contributed by atoms with Crippen molar-refractivity contribution >= 4 is 27.4 Å². The number of amides is 2. The van der Waals surface area contributed by atoms with Crippen LogP contribution in [-0.2, 0) is 19.4 Å². The van der Waals surface area contributed by atoms with Crippen LogP contribution in [0.25, 0.3) is 0 Å². The summed E-state index contributed by atoms with van der Waals surface area (Å²) < 4.78 is 34.7. The first kappa shape index (κ1) is 23.1. The normalized spacial score (nSPS) is 21.4. The number of benzene rings is 1. The molecule has 1 N–H and O–H groups in total. The van der Waals surface area contributed by atoms with E-state index in [0.29, 0.717) is 31.1 Å². The van der Waals surface area contributed by atoms with Gasteiger partial charge in [0, 0.05) is 12.8 Å². The van der Waals surface area contributed by atoms with Gasteiger partial charge in [-0.2, -0.15) is 5.10 Å². The first-order chi connectivity index (χ1) is 14.7. The fourth-order valence-corrected chi connectivity index (χ4v) is 5.38. The van der Waals surface area contributed by atoms with Crippen molar-refractivity contribution in [3.63, 3.8) is 0 Å². The Morgan fingerprint density at radius 2 is 1.94 bits per heavy atom. The zero-order valence-corrected chi connectivity index (χ0v) is 18.9. The topological polar surface area (TPSA) is 114 Å². The number of hydrazone groups is 1. The highest BCUT2D eigenvalue weighted by atomic mass is 32.2. The van der Waals surface area contributed by atoms with E-state index in [1.807, 2.05) is 39.0 Å². The lowest BCUT2D eigenvalue weighted by Gasteiger charge is -2.28. The predicted molar refractivity (Wildman–Crippen MR) is 116 cm³/mol. The highest BCUT2D eigenvalue weighted by Crippen LogP contribution is 2.31. The standard InChI is InChI=1S/C21H29N3O6S/c1-4-29-18-8-6-15(12-19(18)30-5-2)14(3)22-21(26)17-7-9-20(25)24(23-17)16-10-11-31(27,28)13-16/h6,8,12,14,16H,4-5,7,9-11,13H2,1-3H3,(H,22,26)/t14-,16+/m0/s1. The largest absolute Gasteiger partial charge is 0.490 e. The molecule has 2 amide bonds. The summed E-state index contributed by atoms with van der Waals surface area (Å²) in [5.41, 5.74) is 1.07. The Labute approximate surface area is 182 Å². The van der Waals surface area contributed by atoms with Crippen molar-refractivity contribution in [2.75, 3.05) is 24.7 Å². The van der Waals surface area contributed by atoms with E-state index >= 15 is 0 Å². The monoisotopic (exact) mass is 451 g/mol. The molecule has 3 rings (SSSR count). The van der Waals surface area contributed by atoms with Gasteiger partial charge < -0.3 is 14.8 Å². The number of carbonyl (C=O) groups is 2. The number of hydrogen-bond donors (Lipinski definition) is 1. The lowest BCUT2D eigenvalue weighted by Crippen LogP contribution is -2.44. The Morgan fingerprint density at radius 1 is 1.23 bits per heavy atom. The van der Waals surface area contributed by atoms with Crippen molar-refractivity contribution < 1.29 is 27.5 Å². The molecule has 0 radical (unpaired) electrons. The first-order valence-electron chi connectivity index (χ1n) is 10.5. The Hall–Kier alpha value is -2.62. The number of nitrogens with zero attached hydrogens (tertiary/aromatic N) is 2. The smallest absolute Gasteiger partial charge is 0.267 e. The van der Waals surface area contributed by atoms with Crippen molar-refractivity contribution in [2.45, 2.75) is 52.1 Å². The van der Waals surface area contributed by atoms with Gasteiger partial charge in [0.25, 0.3) is 5.91 Å². The number of rotatable bonds is 8. The fourth-order valence-electron chi connectivity index (χ4n) is 3.69. The van der Waals surface area contributed by atoms with Crippen molar-refractivity contribution in [3.05, 3.63) is 23.8 Å². The van der Waals surface area contributed by atoms with Gasteiger partial charge in [-0.05, 0) is 44.9 Å². The summed E-state index contributed by atoms with van der Waals surface area (Å²) >= 11 is 0. The van der Waals surface area contributed by atoms with E-state index < -0.39 is 15.9 Å². The van der Waals surface area contributed by atoms with Crippen LogP contribution in [0.4, 0.5) is 0 Å². The number of nitrogens with one attached hydrogen (secondary N) is 1. The number of ether oxygens (including phenoxy) is 2. The average molecular weight is 452 g/mol. The van der Waals surface area contributed by atoms with Gasteiger partial charge in [0.2, 0.25) is 5.91 Å². The van der Waals surface area contributed by atoms with E-state index in [4.69, 9.17) is 9.47 Å². The summed E-state index contributed by atoms with van der Waals surface area (Å²) in [6.45, 7) is 6.63. The quantitative estimate of drug-likeness (QED) is 0.645. The summed E-state index contributed by atoms with van der Waals surface area (Å²) in [6.07, 6.45) is 0.699. The lowest BCUT2D eigenvalue weighted by molar-refractivity contribution is -0.133. The van der Waals surface area contributed by atoms with Gasteiger partial charge in [-0.3, -0.25) is 9.59 Å². The lowest BCUT2D eigenvalue weighted by atomic mass is 10.1. The van der Waals surface area contributed by atoms with Crippen LogP contribution in [0.2, 0.25) is 0 Å². The second-order valence-electron chi connectivity index (χ2n) is 7.61. The third-order valence-electron chi connectivity index (χ3n) is 5.29. The number of hydrogen-bond acceptors (Lipinski definition) is 7. The van der Waals surface area contributed by atoms with E-state index in [2.05, 4.69) is 10.4 Å². The SMILES string of the molecule is CCOc1ccc([C@H](C)NC(=O)C2=NN([C@@H]3CCS(=O)(=O)C3)C(=O)CC2)cc1OCC. The van der Waals surface area contributed by atoms with Gasteiger partial charge in [-0.25, -0.2) is 13.4 Å². The number of carbonyl (C=O) groups excluding carboxylic acids is 2. The van der Waals surface area contributed by atoms with Crippen LogP contribution < -0.4 is 14.8 Å². The van der Waals surface area contributed by atoms with E-state index in [0.717, 1.165) is 5.56 Å². The second-order valence-corrected chi connectivity index (χ2v) is 9.84. The van der Waals surface area contributed by atoms with Crippen LogP contribution in [0.3, 0.4) is 0 Å². The minimum absolute atomic E-state index is 0.0371. The maximum atomic E-state index is 12.8. The Bertz CT molecular complexity index is 975. The molecule has 1 saturated heterocycles. The summed E-state index contributed by atoms with van der Waals surface area (Å²) in [7, 11) is -3.16. The third-order valence-corrected chi connectivity index (χ3v) is 7.04. The van der Waals surface area contributed by atoms with Crippen LogP contribution >= 0.6 is 0 Å². The van der Waals surface area contributed by atoms with Gasteiger partial charge in [-0.15, -0.1) is 0 Å². The zero-order chi connectivity index (χ0) is 22.6. The molecule has 2 atom stereocenters. The van der Waals surface area contributed by atoms with E-state index in [-0.39, 0.29) is 47.9 Å². The molecule has 0 unspecified atom stereocenters. The van der Waals surface area contributed by atoms with Crippen LogP contribution in [0.1, 0.15) is 51.6 Å². The van der Waals surface area contributed by atoms with Crippen LogP contribution in [0, 0.1) is 0 Å². The Morgan fingerprint density at radius 3 is 2.58 bits per heavy atom. The number of sulfone groups is 1. The molecular weight excluding hydrogens is 422 g/mol. The second kappa shape index (κ2) is 9.67. The highest BCUT2D eigenvalue weighted by Gasteiger charge is 2.37. The maximum absolute atomic E-state index is 12.8. The summed E-state index contributed by atoms with van der Waals surface area (Å²) in [6, 6.07) is 4.67. The highest BCUT2D eigenvalue weighted by molar-refractivity contribution is 7.91. The van der Waals surface area contributed by atoms with Crippen molar-refractivity contribution in [1.29, 1.82) is 0 Å². The van der Waals surface area contributed by atoms with E-state index in [9.17, 15) is 18.0 Å². The first-order valence-corrected chi connectivity index (χ1v) is 12.4. The molecule has 31 heavy (non-hydrogen) atoms. The predicted octanol–water partition coefficient (Wildman–Crippen LogP) is 1.83. The molecule has 170 valence electrons. The van der Waals surface area contributed by atoms with Crippen LogP contribution in [0.5, 0.6) is 11.5 Å². The molecule has 1 fully saturated rings. The molecule has 0 saturated carbocycles. The molecule has 10 heteroatoms. The third kappa shape index (κ3) is 5.55. The Kier molecular flexibility index (Phi) is 7.19. The molecule has 0 aromatic heterocycles. The average Bonchev–Trinajstić information content (AvgIpc) is 3.09. The maximum Gasteiger partial charge on any atom is 0.267 e. The molecular formula is C21H29N3O6S. The molecule has 0 aliphatic carbocycles. The summed E-state index contributed by atoms with van der Waals surface area (Å²) in [4.78, 5) is 25.1. The molecule has 1 aromatic carbocycles. The molecule has 1 aromatic rings. The molecule has 2 aliphatic heterocycles. The van der Waals surface area contributed by atoms with Crippen LogP contribution in [-0.4, -0.2) is 61.7 Å². The van der Waals surface area contributed by atoms with Gasteiger partial charge in [-0.1, -0.05) is 6.07 Å². The van der Waals surface area contributed by atoms with Crippen molar-refractivity contribution in [3.8, 4) is 11.5 Å². The van der Waals surface area contributed by atoms with Crippen molar-refractivity contribution in [1.82, 2.24) is 10.3 Å². The molecule has 9 nitrogen and oxygen atoms in total. The molecule has 2 heterocycles. The van der Waals surface area contributed by atoms with Gasteiger partial charge in [0.05, 0.1) is 36.8 Å². The van der Waals surface area contributed by atoms with Crippen molar-refractivity contribution in [2.24, 2.45) is 5.10 Å². The summed E-state index contributed by atoms with van der Waals surface area (Å²) in [5.74, 6) is 0.549. The van der Waals surface area contributed by atoms with Gasteiger partial charge in [0.1, 0.15) is 5.71 Å². The molecule has 2 aliphatic rings. The van der Waals surface area contributed by atoms with E-state index in [1.165, 1.54) is 5.01 Å². The van der Waals surface area contributed by atoms with E-state index in [1.54, 1.807) is 0 Å². The van der Waals surface area contributed by atoms with Crippen LogP contribution in [0.15, 0.2) is 23.3 Å². The summed E-state index contributed by atoms with van der Waals surface area (Å²) in [5, 5.41) is 8.32. The fraction of sp³-hybridized carbons (Fsp3) is 0.571. The Balaban J connectivity index is 1.72. The van der Waals surface area contributed by atoms with Gasteiger partial charge in [0.15, 0.2) is 21.3 Å². The van der Waals surface area contributed by atoms with Gasteiger partial charge >= 0.3 is 0 Å². The minimum Gasteiger partial charge on any atom is -0.490 e. The molecule has 0 bridgehead atoms.